The SMILES string of the molecule is COc1ccc(C)cc1C=CC(=O)N1CC(=O)NC(=O)C1. The lowest BCUT2D eigenvalue weighted by molar-refractivity contribution is -0.143. The van der Waals surface area contributed by atoms with Crippen molar-refractivity contribution >= 4 is 23.8 Å². The van der Waals surface area contributed by atoms with E-state index in [1.807, 2.05) is 25.1 Å². The van der Waals surface area contributed by atoms with E-state index in [4.69, 9.17) is 4.74 Å². The van der Waals surface area contributed by atoms with Crippen LogP contribution in [0.3, 0.4) is 0 Å². The highest BCUT2D eigenvalue weighted by molar-refractivity contribution is 6.04. The Labute approximate surface area is 122 Å². The quantitative estimate of drug-likeness (QED) is 0.649. The molecule has 0 saturated carbocycles. The Morgan fingerprint density at radius 1 is 1.29 bits per heavy atom. The van der Waals surface area contributed by atoms with Crippen molar-refractivity contribution in [1.82, 2.24) is 10.2 Å². The Kier molecular flexibility index (Phi) is 4.37. The normalized spacial score (nSPS) is 15.2. The maximum atomic E-state index is 12.0. The van der Waals surface area contributed by atoms with Gasteiger partial charge in [0.25, 0.3) is 0 Å². The number of hydrogen-bond acceptors (Lipinski definition) is 4. The number of carbonyl (C=O) groups excluding carboxylic acids is 3. The van der Waals surface area contributed by atoms with Gasteiger partial charge in [-0.05, 0) is 25.1 Å². The van der Waals surface area contributed by atoms with E-state index in [9.17, 15) is 14.4 Å². The highest BCUT2D eigenvalue weighted by Gasteiger charge is 2.24. The standard InChI is InChI=1S/C15H16N2O4/c1-10-3-5-12(21-2)11(7-10)4-6-15(20)17-8-13(18)16-14(19)9-17/h3-7H,8-9H2,1-2H3,(H,16,18,19). The molecule has 110 valence electrons. The number of ether oxygens (including phenoxy) is 1. The highest BCUT2D eigenvalue weighted by Crippen LogP contribution is 2.21. The van der Waals surface area contributed by atoms with E-state index in [-0.39, 0.29) is 19.0 Å². The number of carbonyl (C=O) groups is 3. The van der Waals surface area contributed by atoms with Crippen molar-refractivity contribution in [3.63, 3.8) is 0 Å². The minimum absolute atomic E-state index is 0.111. The molecule has 6 heteroatoms. The molecule has 1 aliphatic rings. The van der Waals surface area contributed by atoms with Gasteiger partial charge in [-0.1, -0.05) is 11.6 Å². The monoisotopic (exact) mass is 288 g/mol. The number of imide groups is 1. The molecule has 21 heavy (non-hydrogen) atoms. The van der Waals surface area contributed by atoms with Crippen molar-refractivity contribution in [2.24, 2.45) is 0 Å². The number of hydrogen-bond donors (Lipinski definition) is 1. The largest absolute Gasteiger partial charge is 0.496 e. The zero-order valence-electron chi connectivity index (χ0n) is 11.9. The molecule has 1 heterocycles. The molecule has 3 amide bonds. The van der Waals surface area contributed by atoms with Crippen LogP contribution in [0.4, 0.5) is 0 Å². The van der Waals surface area contributed by atoms with Crippen molar-refractivity contribution in [1.29, 1.82) is 0 Å². The van der Waals surface area contributed by atoms with Crippen LogP contribution in [0.1, 0.15) is 11.1 Å². The van der Waals surface area contributed by atoms with Crippen LogP contribution in [0.15, 0.2) is 24.3 Å². The van der Waals surface area contributed by atoms with E-state index in [1.54, 1.807) is 13.2 Å². The Morgan fingerprint density at radius 2 is 1.95 bits per heavy atom. The van der Waals surface area contributed by atoms with Gasteiger partial charge >= 0.3 is 0 Å². The van der Waals surface area contributed by atoms with E-state index in [0.29, 0.717) is 5.75 Å². The van der Waals surface area contributed by atoms with Gasteiger partial charge in [-0.15, -0.1) is 0 Å². The van der Waals surface area contributed by atoms with Gasteiger partial charge in [0.15, 0.2) is 0 Å². The third-order valence-electron chi connectivity index (χ3n) is 3.05. The van der Waals surface area contributed by atoms with Crippen LogP contribution in [0.2, 0.25) is 0 Å². The number of aryl methyl sites for hydroxylation is 1. The van der Waals surface area contributed by atoms with Gasteiger partial charge in [0.1, 0.15) is 18.8 Å². The highest BCUT2D eigenvalue weighted by atomic mass is 16.5. The van der Waals surface area contributed by atoms with Crippen molar-refractivity contribution < 1.29 is 19.1 Å². The maximum Gasteiger partial charge on any atom is 0.247 e. The molecule has 0 bridgehead atoms. The first-order valence-electron chi connectivity index (χ1n) is 6.44. The fourth-order valence-corrected chi connectivity index (χ4v) is 2.04. The molecule has 0 aliphatic carbocycles. The summed E-state index contributed by atoms with van der Waals surface area (Å²) in [6.07, 6.45) is 2.95. The molecule has 1 saturated heterocycles. The van der Waals surface area contributed by atoms with E-state index in [1.165, 1.54) is 11.0 Å². The first-order valence-corrected chi connectivity index (χ1v) is 6.44. The van der Waals surface area contributed by atoms with Crippen molar-refractivity contribution in [3.8, 4) is 5.75 Å². The molecule has 0 atom stereocenters. The molecule has 1 aliphatic heterocycles. The van der Waals surface area contributed by atoms with Gasteiger partial charge in [0.2, 0.25) is 17.7 Å². The molecule has 0 aromatic heterocycles. The van der Waals surface area contributed by atoms with Crippen LogP contribution in [0.5, 0.6) is 5.75 Å². The van der Waals surface area contributed by atoms with Crippen molar-refractivity contribution in [2.45, 2.75) is 6.92 Å². The Morgan fingerprint density at radius 3 is 2.57 bits per heavy atom. The molecule has 0 spiro atoms. The molecule has 1 fully saturated rings. The summed E-state index contributed by atoms with van der Waals surface area (Å²) in [6.45, 7) is 1.71. The average Bonchev–Trinajstić information content (AvgIpc) is 2.43. The van der Waals surface area contributed by atoms with Gasteiger partial charge < -0.3 is 9.64 Å². The van der Waals surface area contributed by atoms with E-state index >= 15 is 0 Å². The molecule has 6 nitrogen and oxygen atoms in total. The Bertz CT molecular complexity index is 606. The third kappa shape index (κ3) is 3.68. The lowest BCUT2D eigenvalue weighted by Gasteiger charge is -2.24. The van der Waals surface area contributed by atoms with Gasteiger partial charge in [-0.3, -0.25) is 19.7 Å². The second-order valence-electron chi connectivity index (χ2n) is 4.74. The third-order valence-corrected chi connectivity index (χ3v) is 3.05. The van der Waals surface area contributed by atoms with Gasteiger partial charge in [-0.2, -0.15) is 0 Å². The average molecular weight is 288 g/mol. The predicted molar refractivity (Wildman–Crippen MR) is 76.5 cm³/mol. The summed E-state index contributed by atoms with van der Waals surface area (Å²) in [7, 11) is 1.55. The van der Waals surface area contributed by atoms with Crippen molar-refractivity contribution in [2.75, 3.05) is 20.2 Å². The van der Waals surface area contributed by atoms with Crippen LogP contribution in [-0.2, 0) is 14.4 Å². The summed E-state index contributed by atoms with van der Waals surface area (Å²) in [5, 5.41) is 2.15. The van der Waals surface area contributed by atoms with E-state index < -0.39 is 11.8 Å². The number of benzene rings is 1. The second-order valence-corrected chi connectivity index (χ2v) is 4.74. The molecule has 1 aromatic rings. The van der Waals surface area contributed by atoms with Gasteiger partial charge in [0, 0.05) is 11.6 Å². The van der Waals surface area contributed by atoms with Crippen LogP contribution in [-0.4, -0.2) is 42.8 Å². The zero-order valence-corrected chi connectivity index (χ0v) is 11.9. The Balaban J connectivity index is 2.13. The molecular weight excluding hydrogens is 272 g/mol. The predicted octanol–water partition coefficient (Wildman–Crippen LogP) is 0.502. The van der Waals surface area contributed by atoms with Crippen LogP contribution < -0.4 is 10.1 Å². The number of piperazine rings is 1. The zero-order chi connectivity index (χ0) is 15.4. The number of methoxy groups -OCH3 is 1. The van der Waals surface area contributed by atoms with Gasteiger partial charge in [0.05, 0.1) is 7.11 Å². The topological polar surface area (TPSA) is 75.7 Å². The fraction of sp³-hybridized carbons (Fsp3) is 0.267. The molecule has 0 radical (unpaired) electrons. The summed E-state index contributed by atoms with van der Waals surface area (Å²) < 4.78 is 5.22. The molecule has 1 aromatic carbocycles. The maximum absolute atomic E-state index is 12.0. The minimum Gasteiger partial charge on any atom is -0.496 e. The summed E-state index contributed by atoms with van der Waals surface area (Å²) in [6, 6.07) is 5.61. The molecule has 2 rings (SSSR count). The minimum atomic E-state index is -0.471. The molecular formula is C15H16N2O4. The van der Waals surface area contributed by atoms with E-state index in [2.05, 4.69) is 5.32 Å². The smallest absolute Gasteiger partial charge is 0.247 e. The van der Waals surface area contributed by atoms with E-state index in [0.717, 1.165) is 11.1 Å². The summed E-state index contributed by atoms with van der Waals surface area (Å²) >= 11 is 0. The first-order chi connectivity index (χ1) is 9.99. The molecule has 1 N–H and O–H groups in total. The Hall–Kier alpha value is -2.63. The first kappa shape index (κ1) is 14.8. The van der Waals surface area contributed by atoms with Gasteiger partial charge in [-0.25, -0.2) is 0 Å². The summed E-state index contributed by atoms with van der Waals surface area (Å²) in [5.41, 5.74) is 1.80. The molecule has 0 unspecified atom stereocenters. The lowest BCUT2D eigenvalue weighted by Crippen LogP contribution is -2.52. The van der Waals surface area contributed by atoms with Crippen LogP contribution >= 0.6 is 0 Å². The number of nitrogens with zero attached hydrogens (tertiary/aromatic N) is 1. The number of nitrogens with one attached hydrogen (secondary N) is 1. The van der Waals surface area contributed by atoms with Crippen molar-refractivity contribution in [3.05, 3.63) is 35.4 Å². The lowest BCUT2D eigenvalue weighted by atomic mass is 10.1. The van der Waals surface area contributed by atoms with Crippen LogP contribution in [0, 0.1) is 6.92 Å². The van der Waals surface area contributed by atoms with Crippen LogP contribution in [0.25, 0.3) is 6.08 Å². The summed E-state index contributed by atoms with van der Waals surface area (Å²) in [5.74, 6) is -0.679. The second kappa shape index (κ2) is 6.21. The number of amides is 3. The fourth-order valence-electron chi connectivity index (χ4n) is 2.04. The number of rotatable bonds is 3. The summed E-state index contributed by atoms with van der Waals surface area (Å²) in [4.78, 5) is 35.7.